The smallest absolute Gasteiger partial charge is 0.306 e. The van der Waals surface area contributed by atoms with E-state index in [9.17, 15) is 24.7 Å². The van der Waals surface area contributed by atoms with Gasteiger partial charge in [0.25, 0.3) is 0 Å². The van der Waals surface area contributed by atoms with Crippen molar-refractivity contribution in [3.63, 3.8) is 0 Å². The van der Waals surface area contributed by atoms with Crippen LogP contribution in [-0.4, -0.2) is 15.1 Å². The molecule has 2 aromatic rings. The first kappa shape index (κ1) is 14.6. The molecular formula is C14H13FN2O4. The van der Waals surface area contributed by atoms with Gasteiger partial charge in [-0.05, 0) is 37.3 Å². The zero-order valence-corrected chi connectivity index (χ0v) is 11.1. The van der Waals surface area contributed by atoms with E-state index in [1.165, 1.54) is 24.3 Å². The van der Waals surface area contributed by atoms with E-state index in [0.29, 0.717) is 11.3 Å². The van der Waals surface area contributed by atoms with E-state index in [-0.39, 0.29) is 11.5 Å². The number of nitrogens with one attached hydrogen (secondary N) is 1. The van der Waals surface area contributed by atoms with Crippen molar-refractivity contribution < 1.29 is 19.5 Å². The van der Waals surface area contributed by atoms with Crippen molar-refractivity contribution in [2.75, 3.05) is 5.32 Å². The van der Waals surface area contributed by atoms with E-state index in [1.54, 1.807) is 6.92 Å². The summed E-state index contributed by atoms with van der Waals surface area (Å²) in [7, 11) is 0. The first-order chi connectivity index (χ1) is 9.88. The van der Waals surface area contributed by atoms with Crippen LogP contribution >= 0.6 is 0 Å². The second-order valence-electron chi connectivity index (χ2n) is 4.53. The van der Waals surface area contributed by atoms with Crippen molar-refractivity contribution in [3.05, 3.63) is 57.9 Å². The van der Waals surface area contributed by atoms with E-state index < -0.39 is 22.5 Å². The van der Waals surface area contributed by atoms with Crippen molar-refractivity contribution >= 4 is 11.4 Å². The average molecular weight is 292 g/mol. The van der Waals surface area contributed by atoms with Crippen LogP contribution in [0.25, 0.3) is 0 Å². The van der Waals surface area contributed by atoms with Crippen molar-refractivity contribution in [3.8, 4) is 11.5 Å². The fourth-order valence-electron chi connectivity index (χ4n) is 1.96. The summed E-state index contributed by atoms with van der Waals surface area (Å²) < 4.78 is 13.3. The molecule has 2 rings (SSSR count). The molecule has 0 heterocycles. The fraction of sp³-hybridized carbons (Fsp3) is 0.143. The van der Waals surface area contributed by atoms with Crippen LogP contribution in [0.15, 0.2) is 36.4 Å². The second kappa shape index (κ2) is 5.66. The van der Waals surface area contributed by atoms with Gasteiger partial charge in [-0.2, -0.15) is 4.39 Å². The van der Waals surface area contributed by atoms with Gasteiger partial charge < -0.3 is 15.5 Å². The summed E-state index contributed by atoms with van der Waals surface area (Å²) in [5, 5.41) is 32.8. The molecule has 6 nitrogen and oxygen atoms in total. The summed E-state index contributed by atoms with van der Waals surface area (Å²) in [5.41, 5.74) is 0.118. The molecule has 0 radical (unpaired) electrons. The van der Waals surface area contributed by atoms with Gasteiger partial charge in [-0.3, -0.25) is 10.1 Å². The highest BCUT2D eigenvalue weighted by Gasteiger charge is 2.16. The lowest BCUT2D eigenvalue weighted by Gasteiger charge is -2.17. The molecule has 0 aliphatic heterocycles. The van der Waals surface area contributed by atoms with Gasteiger partial charge in [0.1, 0.15) is 11.5 Å². The SMILES string of the molecule is CC(Nc1ccc(F)c([N+](=O)[O-])c1)c1cc(O)ccc1O. The summed E-state index contributed by atoms with van der Waals surface area (Å²) in [6.45, 7) is 1.70. The van der Waals surface area contributed by atoms with Crippen LogP contribution in [0.5, 0.6) is 11.5 Å². The Morgan fingerprint density at radius 1 is 1.24 bits per heavy atom. The number of halogens is 1. The third-order valence-electron chi connectivity index (χ3n) is 3.00. The Balaban J connectivity index is 2.27. The van der Waals surface area contributed by atoms with Crippen LogP contribution in [0.3, 0.4) is 0 Å². The van der Waals surface area contributed by atoms with Gasteiger partial charge in [-0.1, -0.05) is 0 Å². The van der Waals surface area contributed by atoms with E-state index >= 15 is 0 Å². The predicted octanol–water partition coefficient (Wildman–Crippen LogP) is 3.32. The Bertz CT molecular complexity index is 691. The second-order valence-corrected chi connectivity index (χ2v) is 4.53. The number of aromatic hydroxyl groups is 2. The molecule has 3 N–H and O–H groups in total. The summed E-state index contributed by atoms with van der Waals surface area (Å²) in [6, 6.07) is 7.05. The predicted molar refractivity (Wildman–Crippen MR) is 74.9 cm³/mol. The highest BCUT2D eigenvalue weighted by atomic mass is 19.1. The third kappa shape index (κ3) is 3.19. The molecule has 0 bridgehead atoms. The number of anilines is 1. The number of nitro groups is 1. The third-order valence-corrected chi connectivity index (χ3v) is 3.00. The summed E-state index contributed by atoms with van der Waals surface area (Å²) >= 11 is 0. The van der Waals surface area contributed by atoms with Crippen molar-refractivity contribution in [2.45, 2.75) is 13.0 Å². The molecule has 0 saturated carbocycles. The minimum atomic E-state index is -0.918. The molecule has 21 heavy (non-hydrogen) atoms. The average Bonchev–Trinajstić information content (AvgIpc) is 2.43. The highest BCUT2D eigenvalue weighted by Crippen LogP contribution is 2.31. The Labute approximate surface area is 119 Å². The number of nitro benzene ring substituents is 1. The standard InChI is InChI=1S/C14H13FN2O4/c1-8(11-7-10(18)3-5-14(11)19)16-9-2-4-12(15)13(6-9)17(20)21/h2-8,16,18-19H,1H3. The van der Waals surface area contributed by atoms with Gasteiger partial charge in [-0.15, -0.1) is 0 Å². The number of hydrogen-bond donors (Lipinski definition) is 3. The van der Waals surface area contributed by atoms with Gasteiger partial charge >= 0.3 is 5.69 Å². The summed E-state index contributed by atoms with van der Waals surface area (Å²) in [5.74, 6) is -0.954. The van der Waals surface area contributed by atoms with Crippen LogP contribution in [0, 0.1) is 15.9 Å². The molecule has 1 atom stereocenters. The lowest BCUT2D eigenvalue weighted by atomic mass is 10.1. The number of nitrogens with zero attached hydrogens (tertiary/aromatic N) is 1. The van der Waals surface area contributed by atoms with E-state index in [1.807, 2.05) is 0 Å². The number of phenols is 2. The van der Waals surface area contributed by atoms with Gasteiger partial charge in [0, 0.05) is 17.3 Å². The molecular weight excluding hydrogens is 279 g/mol. The largest absolute Gasteiger partial charge is 0.508 e. The molecule has 2 aromatic carbocycles. The van der Waals surface area contributed by atoms with Crippen LogP contribution < -0.4 is 5.32 Å². The molecule has 0 saturated heterocycles. The Morgan fingerprint density at radius 3 is 2.62 bits per heavy atom. The molecule has 7 heteroatoms. The lowest BCUT2D eigenvalue weighted by Crippen LogP contribution is -2.07. The van der Waals surface area contributed by atoms with Gasteiger partial charge in [0.15, 0.2) is 0 Å². The zero-order chi connectivity index (χ0) is 15.6. The molecule has 110 valence electrons. The van der Waals surface area contributed by atoms with Crippen LogP contribution in [0.1, 0.15) is 18.5 Å². The highest BCUT2D eigenvalue weighted by molar-refractivity contribution is 5.54. The quantitative estimate of drug-likeness (QED) is 0.456. The van der Waals surface area contributed by atoms with Gasteiger partial charge in [0.05, 0.1) is 11.0 Å². The topological polar surface area (TPSA) is 95.6 Å². The van der Waals surface area contributed by atoms with Crippen LogP contribution in [0.4, 0.5) is 15.8 Å². The number of rotatable bonds is 4. The Hall–Kier alpha value is -2.83. The maximum absolute atomic E-state index is 13.3. The molecule has 1 unspecified atom stereocenters. The number of hydrogen-bond acceptors (Lipinski definition) is 5. The molecule has 0 aliphatic carbocycles. The summed E-state index contributed by atoms with van der Waals surface area (Å²) in [4.78, 5) is 9.88. The fourth-order valence-corrected chi connectivity index (χ4v) is 1.96. The van der Waals surface area contributed by atoms with E-state index in [2.05, 4.69) is 5.32 Å². The number of benzene rings is 2. The van der Waals surface area contributed by atoms with Crippen LogP contribution in [-0.2, 0) is 0 Å². The Kier molecular flexibility index (Phi) is 3.93. The van der Waals surface area contributed by atoms with Crippen molar-refractivity contribution in [1.29, 1.82) is 0 Å². The summed E-state index contributed by atoms with van der Waals surface area (Å²) in [6.07, 6.45) is 0. The maximum Gasteiger partial charge on any atom is 0.306 e. The number of phenolic OH excluding ortho intramolecular Hbond substituents is 2. The zero-order valence-electron chi connectivity index (χ0n) is 11.1. The molecule has 0 aliphatic rings. The van der Waals surface area contributed by atoms with Crippen LogP contribution in [0.2, 0.25) is 0 Å². The lowest BCUT2D eigenvalue weighted by molar-refractivity contribution is -0.387. The Morgan fingerprint density at radius 2 is 1.95 bits per heavy atom. The molecule has 0 fully saturated rings. The molecule has 0 aromatic heterocycles. The van der Waals surface area contributed by atoms with E-state index in [0.717, 1.165) is 12.1 Å². The molecule has 0 amide bonds. The minimum absolute atomic E-state index is 0.0125. The normalized spacial score (nSPS) is 11.9. The van der Waals surface area contributed by atoms with Crippen molar-refractivity contribution in [1.82, 2.24) is 0 Å². The van der Waals surface area contributed by atoms with Crippen molar-refractivity contribution in [2.24, 2.45) is 0 Å². The molecule has 0 spiro atoms. The van der Waals surface area contributed by atoms with Gasteiger partial charge in [-0.25, -0.2) is 0 Å². The first-order valence-electron chi connectivity index (χ1n) is 6.11. The maximum atomic E-state index is 13.3. The minimum Gasteiger partial charge on any atom is -0.508 e. The monoisotopic (exact) mass is 292 g/mol. The van der Waals surface area contributed by atoms with Gasteiger partial charge in [0.2, 0.25) is 5.82 Å². The van der Waals surface area contributed by atoms with E-state index in [4.69, 9.17) is 0 Å². The first-order valence-corrected chi connectivity index (χ1v) is 6.11.